The van der Waals surface area contributed by atoms with E-state index in [4.69, 9.17) is 0 Å². The van der Waals surface area contributed by atoms with Crippen molar-refractivity contribution in [1.82, 2.24) is 4.98 Å². The van der Waals surface area contributed by atoms with Gasteiger partial charge in [-0.15, -0.1) is 23.1 Å². The van der Waals surface area contributed by atoms with Crippen molar-refractivity contribution in [1.29, 1.82) is 0 Å². The lowest BCUT2D eigenvalue weighted by atomic mass is 10.2. The van der Waals surface area contributed by atoms with Crippen LogP contribution in [0.1, 0.15) is 18.2 Å². The van der Waals surface area contributed by atoms with E-state index in [0.717, 1.165) is 16.2 Å². The lowest BCUT2D eigenvalue weighted by molar-refractivity contribution is -0.115. The summed E-state index contributed by atoms with van der Waals surface area (Å²) in [7, 11) is 0. The van der Waals surface area contributed by atoms with Gasteiger partial charge in [-0.25, -0.2) is 4.98 Å². The molecule has 2 aromatic carbocycles. The summed E-state index contributed by atoms with van der Waals surface area (Å²) in [6.45, 7) is 3.74. The van der Waals surface area contributed by atoms with Gasteiger partial charge in [-0.3, -0.25) is 9.59 Å². The summed E-state index contributed by atoms with van der Waals surface area (Å²) >= 11 is 2.86. The topological polar surface area (TPSA) is 71.1 Å². The molecular formula is C22H21N3O2S2. The van der Waals surface area contributed by atoms with Gasteiger partial charge >= 0.3 is 0 Å². The molecule has 3 aromatic rings. The summed E-state index contributed by atoms with van der Waals surface area (Å²) in [5, 5.41) is 7.90. The van der Waals surface area contributed by atoms with Crippen LogP contribution in [0.2, 0.25) is 0 Å². The number of hydrogen-bond acceptors (Lipinski definition) is 5. The Morgan fingerprint density at radius 1 is 1.07 bits per heavy atom. The van der Waals surface area contributed by atoms with E-state index in [2.05, 4.69) is 15.6 Å². The second-order valence-electron chi connectivity index (χ2n) is 6.30. The lowest BCUT2D eigenvalue weighted by Crippen LogP contribution is -2.22. The smallest absolute Gasteiger partial charge is 0.248 e. The Morgan fingerprint density at radius 3 is 2.45 bits per heavy atom. The van der Waals surface area contributed by atoms with Gasteiger partial charge < -0.3 is 10.6 Å². The van der Waals surface area contributed by atoms with E-state index >= 15 is 0 Å². The number of amides is 2. The van der Waals surface area contributed by atoms with Crippen LogP contribution >= 0.6 is 23.1 Å². The summed E-state index contributed by atoms with van der Waals surface area (Å²) < 4.78 is 0. The molecule has 0 aliphatic rings. The molecule has 0 aliphatic heterocycles. The van der Waals surface area contributed by atoms with Crippen LogP contribution in [0.4, 0.5) is 10.8 Å². The fourth-order valence-electron chi connectivity index (χ4n) is 2.41. The van der Waals surface area contributed by atoms with Crippen molar-refractivity contribution in [3.63, 3.8) is 0 Å². The number of hydrogen-bond donors (Lipinski definition) is 2. The first-order valence-electron chi connectivity index (χ1n) is 9.03. The van der Waals surface area contributed by atoms with Gasteiger partial charge in [0.25, 0.3) is 0 Å². The predicted molar refractivity (Wildman–Crippen MR) is 121 cm³/mol. The largest absolute Gasteiger partial charge is 0.323 e. The van der Waals surface area contributed by atoms with Gasteiger partial charge in [-0.1, -0.05) is 30.3 Å². The molecule has 148 valence electrons. The number of thiazole rings is 1. The van der Waals surface area contributed by atoms with E-state index in [9.17, 15) is 9.59 Å². The Kier molecular flexibility index (Phi) is 7.21. The molecule has 1 atom stereocenters. The molecule has 2 amide bonds. The minimum atomic E-state index is -0.270. The highest BCUT2D eigenvalue weighted by molar-refractivity contribution is 8.00. The number of anilines is 2. The van der Waals surface area contributed by atoms with Crippen LogP contribution in [-0.4, -0.2) is 22.0 Å². The third kappa shape index (κ3) is 6.58. The molecule has 1 unspecified atom stereocenters. The van der Waals surface area contributed by atoms with E-state index in [1.54, 1.807) is 6.08 Å². The lowest BCUT2D eigenvalue weighted by Gasteiger charge is -2.11. The minimum absolute atomic E-state index is 0.0900. The Bertz CT molecular complexity index is 998. The number of nitrogens with zero attached hydrogens (tertiary/aromatic N) is 1. The van der Waals surface area contributed by atoms with Crippen molar-refractivity contribution in [3.8, 4) is 0 Å². The fourth-order valence-corrected chi connectivity index (χ4v) is 3.97. The summed E-state index contributed by atoms with van der Waals surface area (Å²) in [5.41, 5.74) is 2.56. The number of carbonyl (C=O) groups is 2. The number of rotatable bonds is 7. The van der Waals surface area contributed by atoms with Crippen LogP contribution in [0.3, 0.4) is 0 Å². The summed E-state index contributed by atoms with van der Waals surface area (Å²) in [5.74, 6) is -0.284. The Labute approximate surface area is 178 Å². The van der Waals surface area contributed by atoms with Crippen molar-refractivity contribution in [3.05, 3.63) is 77.3 Å². The van der Waals surface area contributed by atoms with Gasteiger partial charge in [0, 0.05) is 22.0 Å². The summed E-state index contributed by atoms with van der Waals surface area (Å²) in [6, 6.07) is 17.1. The maximum Gasteiger partial charge on any atom is 0.248 e. The molecule has 0 fully saturated rings. The monoisotopic (exact) mass is 423 g/mol. The van der Waals surface area contributed by atoms with E-state index < -0.39 is 0 Å². The van der Waals surface area contributed by atoms with Gasteiger partial charge in [0.2, 0.25) is 11.8 Å². The number of carbonyl (C=O) groups excluding carboxylic acids is 2. The number of thioether (sulfide) groups is 1. The average Bonchev–Trinajstić information content (AvgIpc) is 3.13. The van der Waals surface area contributed by atoms with Crippen LogP contribution in [0, 0.1) is 6.92 Å². The average molecular weight is 424 g/mol. The summed E-state index contributed by atoms with van der Waals surface area (Å²) in [4.78, 5) is 29.5. The molecule has 1 aromatic heterocycles. The molecule has 0 radical (unpaired) electrons. The Balaban J connectivity index is 1.50. The first kappa shape index (κ1) is 20.8. The van der Waals surface area contributed by atoms with E-state index in [1.807, 2.05) is 73.8 Å². The third-order valence-corrected chi connectivity index (χ3v) is 5.87. The highest BCUT2D eigenvalue weighted by Crippen LogP contribution is 2.26. The van der Waals surface area contributed by atoms with E-state index in [0.29, 0.717) is 10.8 Å². The quantitative estimate of drug-likeness (QED) is 0.404. The number of nitrogens with one attached hydrogen (secondary N) is 2. The molecule has 2 N–H and O–H groups in total. The maximum absolute atomic E-state index is 12.3. The molecule has 0 bridgehead atoms. The predicted octanol–water partition coefficient (Wildman–Crippen LogP) is 5.22. The van der Waals surface area contributed by atoms with Crippen molar-refractivity contribution in [2.45, 2.75) is 24.0 Å². The second kappa shape index (κ2) is 10.0. The molecule has 0 saturated carbocycles. The van der Waals surface area contributed by atoms with Gasteiger partial charge in [-0.05, 0) is 49.8 Å². The maximum atomic E-state index is 12.3. The van der Waals surface area contributed by atoms with Crippen molar-refractivity contribution in [2.75, 3.05) is 10.6 Å². The molecule has 1 heterocycles. The molecule has 0 saturated heterocycles. The molecule has 7 heteroatoms. The number of aryl methyl sites for hydroxylation is 1. The van der Waals surface area contributed by atoms with Crippen molar-refractivity contribution in [2.24, 2.45) is 0 Å². The summed E-state index contributed by atoms with van der Waals surface area (Å²) in [6.07, 6.45) is 3.27. The van der Waals surface area contributed by atoms with Crippen molar-refractivity contribution >= 4 is 51.8 Å². The van der Waals surface area contributed by atoms with Gasteiger partial charge in [-0.2, -0.15) is 0 Å². The zero-order valence-corrected chi connectivity index (χ0v) is 17.7. The number of benzene rings is 2. The van der Waals surface area contributed by atoms with E-state index in [-0.39, 0.29) is 17.1 Å². The third-order valence-electron chi connectivity index (χ3n) is 3.88. The zero-order chi connectivity index (χ0) is 20.6. The fraction of sp³-hybridized carbons (Fsp3) is 0.136. The zero-order valence-electron chi connectivity index (χ0n) is 16.1. The van der Waals surface area contributed by atoms with Crippen LogP contribution in [-0.2, 0) is 9.59 Å². The minimum Gasteiger partial charge on any atom is -0.323 e. The molecular weight excluding hydrogens is 402 g/mol. The molecule has 3 rings (SSSR count). The molecule has 0 aliphatic carbocycles. The van der Waals surface area contributed by atoms with E-state index in [1.165, 1.54) is 29.2 Å². The first-order valence-corrected chi connectivity index (χ1v) is 10.8. The van der Waals surface area contributed by atoms with Crippen LogP contribution < -0.4 is 10.6 Å². The molecule has 0 spiro atoms. The Morgan fingerprint density at radius 2 is 1.79 bits per heavy atom. The van der Waals surface area contributed by atoms with Crippen LogP contribution in [0.25, 0.3) is 6.08 Å². The van der Waals surface area contributed by atoms with Gasteiger partial charge in [0.05, 0.1) is 10.9 Å². The molecule has 29 heavy (non-hydrogen) atoms. The number of aromatic nitrogens is 1. The van der Waals surface area contributed by atoms with Crippen LogP contribution in [0.5, 0.6) is 0 Å². The van der Waals surface area contributed by atoms with Gasteiger partial charge in [0.1, 0.15) is 0 Å². The highest BCUT2D eigenvalue weighted by Gasteiger charge is 2.16. The first-order chi connectivity index (χ1) is 14.0. The van der Waals surface area contributed by atoms with Crippen molar-refractivity contribution < 1.29 is 9.59 Å². The standard InChI is InChI=1S/C22H21N3O2S2/c1-15-14-28-22(23-15)25-21(27)16(2)29-19-11-9-18(10-12-19)24-20(26)13-8-17-6-4-3-5-7-17/h3-14,16H,1-2H3,(H,24,26)(H,23,25,27)/b13-8+. The normalized spacial score (nSPS) is 11.9. The Hall–Kier alpha value is -2.90. The van der Waals surface area contributed by atoms with Gasteiger partial charge in [0.15, 0.2) is 5.13 Å². The SMILES string of the molecule is Cc1csc(NC(=O)C(C)Sc2ccc(NC(=O)/C=C/c3ccccc3)cc2)n1. The van der Waals surface area contributed by atoms with Crippen LogP contribution in [0.15, 0.2) is 70.9 Å². The second-order valence-corrected chi connectivity index (χ2v) is 8.57. The highest BCUT2D eigenvalue weighted by atomic mass is 32.2. The molecule has 5 nitrogen and oxygen atoms in total.